The summed E-state index contributed by atoms with van der Waals surface area (Å²) in [6, 6.07) is 7.83. The van der Waals surface area contributed by atoms with E-state index in [0.29, 0.717) is 35.1 Å². The maximum absolute atomic E-state index is 10.9. The van der Waals surface area contributed by atoms with Crippen LogP contribution in [-0.2, 0) is 0 Å². The quantitative estimate of drug-likeness (QED) is 0.461. The van der Waals surface area contributed by atoms with Crippen molar-refractivity contribution in [1.29, 1.82) is 0 Å². The first-order valence-electron chi connectivity index (χ1n) is 7.13. The van der Waals surface area contributed by atoms with Gasteiger partial charge in [-0.05, 0) is 25.1 Å². The average Bonchev–Trinajstić information content (AvgIpc) is 3.01. The van der Waals surface area contributed by atoms with Crippen LogP contribution in [0.5, 0.6) is 17.2 Å². The fourth-order valence-corrected chi connectivity index (χ4v) is 2.37. The lowest BCUT2D eigenvalue weighted by atomic mass is 10.2. The largest absolute Gasteiger partial charge is 0.493 e. The van der Waals surface area contributed by atoms with Crippen LogP contribution in [0, 0.1) is 10.1 Å². The van der Waals surface area contributed by atoms with Gasteiger partial charge in [-0.2, -0.15) is 0 Å². The molecule has 0 bridgehead atoms. The summed E-state index contributed by atoms with van der Waals surface area (Å²) in [5, 5.41) is 11.0. The molecule has 1 heterocycles. The van der Waals surface area contributed by atoms with Gasteiger partial charge in [-0.3, -0.25) is 15.1 Å². The Morgan fingerprint density at radius 1 is 1.33 bits per heavy atom. The molecular formula is C16H13ClN2O5. The van der Waals surface area contributed by atoms with E-state index in [1.165, 1.54) is 12.1 Å². The number of nitrogens with zero attached hydrogens (tertiary/aromatic N) is 2. The molecule has 2 aromatic carbocycles. The molecule has 0 aromatic heterocycles. The highest BCUT2D eigenvalue weighted by atomic mass is 35.5. The maximum atomic E-state index is 10.9. The Labute approximate surface area is 142 Å². The van der Waals surface area contributed by atoms with Crippen LogP contribution >= 0.6 is 11.6 Å². The van der Waals surface area contributed by atoms with Gasteiger partial charge < -0.3 is 14.2 Å². The zero-order valence-electron chi connectivity index (χ0n) is 12.7. The number of ether oxygens (including phenoxy) is 3. The number of rotatable bonds is 5. The Bertz CT molecular complexity index is 822. The summed E-state index contributed by atoms with van der Waals surface area (Å²) in [5.41, 5.74) is 0.895. The molecule has 0 radical (unpaired) electrons. The average molecular weight is 349 g/mol. The van der Waals surface area contributed by atoms with E-state index in [0.717, 1.165) is 0 Å². The zero-order valence-corrected chi connectivity index (χ0v) is 13.4. The van der Waals surface area contributed by atoms with Crippen LogP contribution in [0.25, 0.3) is 0 Å². The third-order valence-corrected chi connectivity index (χ3v) is 3.60. The van der Waals surface area contributed by atoms with Crippen LogP contribution < -0.4 is 14.2 Å². The first-order chi connectivity index (χ1) is 11.6. The van der Waals surface area contributed by atoms with E-state index in [9.17, 15) is 10.1 Å². The highest BCUT2D eigenvalue weighted by Crippen LogP contribution is 2.38. The SMILES string of the molecule is CCOc1cc2c(cc1C=Nc1ccc(Cl)c([N+](=O)[O-])c1)OCO2. The predicted molar refractivity (Wildman–Crippen MR) is 89.1 cm³/mol. The van der Waals surface area contributed by atoms with Crippen molar-refractivity contribution in [2.75, 3.05) is 13.4 Å². The number of fused-ring (bicyclic) bond motifs is 1. The second-order valence-electron chi connectivity index (χ2n) is 4.83. The molecule has 8 heteroatoms. The van der Waals surface area contributed by atoms with E-state index < -0.39 is 4.92 Å². The molecule has 124 valence electrons. The van der Waals surface area contributed by atoms with Gasteiger partial charge in [0.2, 0.25) is 6.79 Å². The first kappa shape index (κ1) is 16.1. The Balaban J connectivity index is 1.94. The van der Waals surface area contributed by atoms with E-state index in [4.69, 9.17) is 25.8 Å². The lowest BCUT2D eigenvalue weighted by molar-refractivity contribution is -0.384. The predicted octanol–water partition coefficient (Wildman–Crippen LogP) is 4.13. The van der Waals surface area contributed by atoms with Crippen molar-refractivity contribution in [2.24, 2.45) is 4.99 Å². The van der Waals surface area contributed by atoms with E-state index in [-0.39, 0.29) is 17.5 Å². The number of aliphatic imine (C=N–C) groups is 1. The molecule has 1 aliphatic rings. The summed E-state index contributed by atoms with van der Waals surface area (Å²) in [6.07, 6.45) is 1.56. The molecule has 1 aliphatic heterocycles. The molecular weight excluding hydrogens is 336 g/mol. The summed E-state index contributed by atoms with van der Waals surface area (Å²) < 4.78 is 16.2. The fraction of sp³-hybridized carbons (Fsp3) is 0.188. The van der Waals surface area contributed by atoms with E-state index in [1.807, 2.05) is 6.92 Å². The van der Waals surface area contributed by atoms with Gasteiger partial charge in [-0.25, -0.2) is 0 Å². The zero-order chi connectivity index (χ0) is 17.1. The van der Waals surface area contributed by atoms with Crippen molar-refractivity contribution < 1.29 is 19.1 Å². The molecule has 0 amide bonds. The van der Waals surface area contributed by atoms with E-state index >= 15 is 0 Å². The molecule has 0 N–H and O–H groups in total. The van der Waals surface area contributed by atoms with E-state index in [2.05, 4.69) is 4.99 Å². The molecule has 0 fully saturated rings. The van der Waals surface area contributed by atoms with Crippen molar-refractivity contribution in [2.45, 2.75) is 6.92 Å². The van der Waals surface area contributed by atoms with Crippen LogP contribution in [0.15, 0.2) is 35.3 Å². The number of nitro benzene ring substituents is 1. The molecule has 0 atom stereocenters. The Morgan fingerprint density at radius 2 is 2.08 bits per heavy atom. The highest BCUT2D eigenvalue weighted by molar-refractivity contribution is 6.32. The Kier molecular flexibility index (Phi) is 4.52. The van der Waals surface area contributed by atoms with Crippen molar-refractivity contribution >= 4 is 29.2 Å². The molecule has 2 aromatic rings. The number of benzene rings is 2. The van der Waals surface area contributed by atoms with Crippen molar-refractivity contribution in [1.82, 2.24) is 0 Å². The monoisotopic (exact) mass is 348 g/mol. The topological polar surface area (TPSA) is 83.2 Å². The standard InChI is InChI=1S/C16H13ClN2O5/c1-2-22-14-7-16-15(23-9-24-16)5-10(14)8-18-11-3-4-12(17)13(6-11)19(20)21/h3-8H,2,9H2,1H3. The second kappa shape index (κ2) is 6.76. The van der Waals surface area contributed by atoms with Gasteiger partial charge in [0.1, 0.15) is 10.8 Å². The molecule has 3 rings (SSSR count). The van der Waals surface area contributed by atoms with Gasteiger partial charge in [0.05, 0.1) is 17.2 Å². The minimum atomic E-state index is -0.548. The van der Waals surface area contributed by atoms with Gasteiger partial charge in [0.15, 0.2) is 11.5 Å². The van der Waals surface area contributed by atoms with Crippen molar-refractivity contribution in [3.63, 3.8) is 0 Å². The lowest BCUT2D eigenvalue weighted by Crippen LogP contribution is -1.96. The van der Waals surface area contributed by atoms with Crippen LogP contribution in [0.2, 0.25) is 5.02 Å². The van der Waals surface area contributed by atoms with Gasteiger partial charge in [0, 0.05) is 23.9 Å². The van der Waals surface area contributed by atoms with Gasteiger partial charge in [-0.1, -0.05) is 11.6 Å². The second-order valence-corrected chi connectivity index (χ2v) is 5.23. The van der Waals surface area contributed by atoms with Crippen LogP contribution in [0.4, 0.5) is 11.4 Å². The maximum Gasteiger partial charge on any atom is 0.290 e. The van der Waals surface area contributed by atoms with Gasteiger partial charge >= 0.3 is 0 Å². The van der Waals surface area contributed by atoms with Gasteiger partial charge in [0.25, 0.3) is 5.69 Å². The lowest BCUT2D eigenvalue weighted by Gasteiger charge is -2.08. The summed E-state index contributed by atoms with van der Waals surface area (Å²) in [5.74, 6) is 1.80. The number of hydrogen-bond donors (Lipinski definition) is 0. The van der Waals surface area contributed by atoms with Crippen molar-refractivity contribution in [3.8, 4) is 17.2 Å². The first-order valence-corrected chi connectivity index (χ1v) is 7.50. The normalized spacial score (nSPS) is 12.6. The minimum absolute atomic E-state index is 0.0667. The molecule has 24 heavy (non-hydrogen) atoms. The number of hydrogen-bond acceptors (Lipinski definition) is 6. The molecule has 7 nitrogen and oxygen atoms in total. The summed E-state index contributed by atoms with van der Waals surface area (Å²) in [6.45, 7) is 2.51. The fourth-order valence-electron chi connectivity index (χ4n) is 2.19. The van der Waals surface area contributed by atoms with E-state index in [1.54, 1.807) is 24.4 Å². The summed E-state index contributed by atoms with van der Waals surface area (Å²) in [7, 11) is 0. The molecule has 0 saturated carbocycles. The number of nitro groups is 1. The van der Waals surface area contributed by atoms with Crippen LogP contribution in [0.3, 0.4) is 0 Å². The third-order valence-electron chi connectivity index (χ3n) is 3.28. The molecule has 0 spiro atoms. The number of halogens is 1. The summed E-state index contributed by atoms with van der Waals surface area (Å²) in [4.78, 5) is 14.7. The summed E-state index contributed by atoms with van der Waals surface area (Å²) >= 11 is 5.79. The Hall–Kier alpha value is -2.80. The highest BCUT2D eigenvalue weighted by Gasteiger charge is 2.17. The van der Waals surface area contributed by atoms with Crippen molar-refractivity contribution in [3.05, 3.63) is 51.0 Å². The van der Waals surface area contributed by atoms with Gasteiger partial charge in [-0.15, -0.1) is 0 Å². The minimum Gasteiger partial charge on any atom is -0.493 e. The van der Waals surface area contributed by atoms with Crippen LogP contribution in [-0.4, -0.2) is 24.5 Å². The smallest absolute Gasteiger partial charge is 0.290 e. The van der Waals surface area contributed by atoms with Crippen LogP contribution in [0.1, 0.15) is 12.5 Å². The molecule has 0 aliphatic carbocycles. The molecule has 0 unspecified atom stereocenters. The Morgan fingerprint density at radius 3 is 2.79 bits per heavy atom. The third kappa shape index (κ3) is 3.26. The molecule has 0 saturated heterocycles.